The minimum absolute atomic E-state index is 0. The highest BCUT2D eigenvalue weighted by atomic mass is 35.5. The van der Waals surface area contributed by atoms with Crippen molar-refractivity contribution < 1.29 is 5.48 Å². The summed E-state index contributed by atoms with van der Waals surface area (Å²) < 4.78 is 0. The second kappa shape index (κ2) is 5.41. The third-order valence-corrected chi connectivity index (χ3v) is 1.87. The molecule has 0 aliphatic carbocycles. The van der Waals surface area contributed by atoms with Crippen molar-refractivity contribution in [1.82, 2.24) is 0 Å². The Morgan fingerprint density at radius 1 is 1.50 bits per heavy atom. The average molecular weight is 156 g/mol. The zero-order valence-electron chi connectivity index (χ0n) is 4.44. The molecular formula is C4H10ClNOS. The van der Waals surface area contributed by atoms with E-state index in [1.165, 1.54) is 12.2 Å². The number of hydrogen-bond acceptors (Lipinski definition) is 2. The molecule has 8 heavy (non-hydrogen) atoms. The van der Waals surface area contributed by atoms with Crippen molar-refractivity contribution in [1.29, 1.82) is 5.41 Å². The van der Waals surface area contributed by atoms with Crippen LogP contribution in [0.1, 0.15) is 12.8 Å². The lowest BCUT2D eigenvalue weighted by Gasteiger charge is -1.77. The van der Waals surface area contributed by atoms with Crippen molar-refractivity contribution >= 4 is 29.2 Å². The first-order valence-electron chi connectivity index (χ1n) is 2.10. The van der Waals surface area contributed by atoms with Crippen LogP contribution in [-0.2, 0) is 0 Å². The van der Waals surface area contributed by atoms with Crippen LogP contribution in [0, 0.1) is 5.41 Å². The molecule has 0 aromatic heterocycles. The summed E-state index contributed by atoms with van der Waals surface area (Å²) in [6, 6.07) is 0. The highest BCUT2D eigenvalue weighted by Crippen LogP contribution is 2.17. The van der Waals surface area contributed by atoms with Crippen LogP contribution in [0.15, 0.2) is 0 Å². The summed E-state index contributed by atoms with van der Waals surface area (Å²) in [7, 11) is 0. The van der Waals surface area contributed by atoms with Gasteiger partial charge in [0.1, 0.15) is 0 Å². The van der Waals surface area contributed by atoms with Gasteiger partial charge in [-0.1, -0.05) is 0 Å². The van der Waals surface area contributed by atoms with Gasteiger partial charge in [0, 0.05) is 0 Å². The molecule has 1 fully saturated rings. The Morgan fingerprint density at radius 2 is 2.12 bits per heavy atom. The second-order valence-corrected chi connectivity index (χ2v) is 2.56. The van der Waals surface area contributed by atoms with E-state index in [0.29, 0.717) is 0 Å². The van der Waals surface area contributed by atoms with E-state index in [4.69, 9.17) is 5.41 Å². The first kappa shape index (κ1) is 11.1. The van der Waals surface area contributed by atoms with Crippen molar-refractivity contribution in [3.63, 3.8) is 0 Å². The van der Waals surface area contributed by atoms with Crippen LogP contribution in [0.5, 0.6) is 0 Å². The van der Waals surface area contributed by atoms with Gasteiger partial charge in [0.15, 0.2) is 0 Å². The molecule has 0 amide bonds. The maximum Gasteiger partial charge on any atom is 0.0641 e. The molecule has 1 rings (SSSR count). The molecule has 2 nitrogen and oxygen atoms in total. The molecule has 0 radical (unpaired) electrons. The van der Waals surface area contributed by atoms with Crippen LogP contribution in [-0.4, -0.2) is 16.3 Å². The number of halogens is 1. The Hall–Kier alpha value is 0.270. The van der Waals surface area contributed by atoms with Crippen LogP contribution in [0.25, 0.3) is 0 Å². The maximum absolute atomic E-state index is 7.01. The third-order valence-electron chi connectivity index (χ3n) is 0.824. The molecule has 0 aromatic rings. The molecule has 1 heterocycles. The van der Waals surface area contributed by atoms with E-state index in [-0.39, 0.29) is 17.9 Å². The highest BCUT2D eigenvalue weighted by Gasteiger charge is 2.04. The van der Waals surface area contributed by atoms with Gasteiger partial charge in [-0.3, -0.25) is 5.41 Å². The summed E-state index contributed by atoms with van der Waals surface area (Å²) in [5.41, 5.74) is 0. The number of thioether (sulfide) groups is 1. The van der Waals surface area contributed by atoms with Crippen LogP contribution >= 0.6 is 24.2 Å². The molecule has 50 valence electrons. The Labute approximate surface area is 59.3 Å². The lowest BCUT2D eigenvalue weighted by Crippen LogP contribution is -1.73. The Morgan fingerprint density at radius 3 is 2.25 bits per heavy atom. The molecule has 0 unspecified atom stereocenters. The fraction of sp³-hybridized carbons (Fsp3) is 0.750. The molecule has 0 spiro atoms. The molecule has 0 atom stereocenters. The zero-order valence-corrected chi connectivity index (χ0v) is 6.07. The van der Waals surface area contributed by atoms with Gasteiger partial charge in [-0.15, -0.1) is 24.2 Å². The molecular weight excluding hydrogens is 146 g/mol. The lowest BCUT2D eigenvalue weighted by molar-refractivity contribution is 0.824. The summed E-state index contributed by atoms with van der Waals surface area (Å²) in [5, 5.41) is 7.88. The van der Waals surface area contributed by atoms with E-state index in [1.807, 2.05) is 0 Å². The van der Waals surface area contributed by atoms with Gasteiger partial charge in [-0.2, -0.15) is 0 Å². The van der Waals surface area contributed by atoms with Crippen LogP contribution in [0.2, 0.25) is 0 Å². The SMILES string of the molecule is Cl.N=C1CCCS1.O. The summed E-state index contributed by atoms with van der Waals surface area (Å²) >= 11 is 1.68. The van der Waals surface area contributed by atoms with Crippen LogP contribution < -0.4 is 0 Å². The summed E-state index contributed by atoms with van der Waals surface area (Å²) in [6.45, 7) is 0. The number of rotatable bonds is 0. The molecule has 1 aliphatic heterocycles. The van der Waals surface area contributed by atoms with Crippen molar-refractivity contribution in [2.45, 2.75) is 12.8 Å². The molecule has 0 aromatic carbocycles. The Kier molecular flexibility index (Phi) is 7.52. The van der Waals surface area contributed by atoms with Crippen LogP contribution in [0.3, 0.4) is 0 Å². The summed E-state index contributed by atoms with van der Waals surface area (Å²) in [6.07, 6.45) is 2.26. The topological polar surface area (TPSA) is 55.4 Å². The normalized spacial score (nSPS) is 16.8. The number of nitrogens with one attached hydrogen (secondary N) is 1. The van der Waals surface area contributed by atoms with Gasteiger partial charge < -0.3 is 5.48 Å². The second-order valence-electron chi connectivity index (χ2n) is 1.38. The first-order valence-corrected chi connectivity index (χ1v) is 3.08. The lowest BCUT2D eigenvalue weighted by atomic mass is 10.4. The quantitative estimate of drug-likeness (QED) is 0.560. The van der Waals surface area contributed by atoms with E-state index in [1.54, 1.807) is 11.8 Å². The maximum atomic E-state index is 7.01. The molecule has 0 saturated carbocycles. The Balaban J connectivity index is 0. The largest absolute Gasteiger partial charge is 0.412 e. The molecule has 3 N–H and O–H groups in total. The van der Waals surface area contributed by atoms with E-state index >= 15 is 0 Å². The molecule has 1 aliphatic rings. The van der Waals surface area contributed by atoms with E-state index in [9.17, 15) is 0 Å². The first-order chi connectivity index (χ1) is 2.89. The average Bonchev–Trinajstić information content (AvgIpc) is 1.86. The standard InChI is InChI=1S/C4H7NS.ClH.H2O/c5-4-2-1-3-6-4;;/h5H,1-3H2;1H;1H2. The summed E-state index contributed by atoms with van der Waals surface area (Å²) in [5.74, 6) is 1.18. The Bertz CT molecular complexity index is 70.4. The third kappa shape index (κ3) is 3.29. The summed E-state index contributed by atoms with van der Waals surface area (Å²) in [4.78, 5) is 0. The molecule has 4 heteroatoms. The van der Waals surface area contributed by atoms with Crippen molar-refractivity contribution in [2.24, 2.45) is 0 Å². The van der Waals surface area contributed by atoms with E-state index in [0.717, 1.165) is 11.5 Å². The van der Waals surface area contributed by atoms with Gasteiger partial charge in [0.2, 0.25) is 0 Å². The van der Waals surface area contributed by atoms with Gasteiger partial charge in [-0.25, -0.2) is 0 Å². The van der Waals surface area contributed by atoms with Gasteiger partial charge in [-0.05, 0) is 18.6 Å². The van der Waals surface area contributed by atoms with Gasteiger partial charge in [0.25, 0.3) is 0 Å². The predicted molar refractivity (Wildman–Crippen MR) is 40.3 cm³/mol. The highest BCUT2D eigenvalue weighted by molar-refractivity contribution is 8.14. The number of hydrogen-bond donors (Lipinski definition) is 1. The molecule has 1 saturated heterocycles. The zero-order chi connectivity index (χ0) is 4.41. The van der Waals surface area contributed by atoms with E-state index < -0.39 is 0 Å². The van der Waals surface area contributed by atoms with Crippen molar-refractivity contribution in [3.05, 3.63) is 0 Å². The fourth-order valence-corrected chi connectivity index (χ4v) is 1.32. The van der Waals surface area contributed by atoms with E-state index in [2.05, 4.69) is 0 Å². The van der Waals surface area contributed by atoms with Crippen LogP contribution in [0.4, 0.5) is 0 Å². The van der Waals surface area contributed by atoms with Crippen molar-refractivity contribution in [3.8, 4) is 0 Å². The fourth-order valence-electron chi connectivity index (χ4n) is 0.500. The predicted octanol–water partition coefficient (Wildman–Crippen LogP) is 1.09. The monoisotopic (exact) mass is 155 g/mol. The molecule has 0 bridgehead atoms. The van der Waals surface area contributed by atoms with Gasteiger partial charge >= 0.3 is 0 Å². The minimum Gasteiger partial charge on any atom is -0.412 e. The minimum atomic E-state index is 0. The van der Waals surface area contributed by atoms with Crippen molar-refractivity contribution in [2.75, 3.05) is 5.75 Å². The van der Waals surface area contributed by atoms with Gasteiger partial charge in [0.05, 0.1) is 5.04 Å². The smallest absolute Gasteiger partial charge is 0.0641 e.